The molecule has 10 nitrogen and oxygen atoms in total. The fraction of sp³-hybridized carbons (Fsp3) is 0.344. The fourth-order valence-corrected chi connectivity index (χ4v) is 4.42. The molecule has 0 bridgehead atoms. The first-order chi connectivity index (χ1) is 19.8. The van der Waals surface area contributed by atoms with Gasteiger partial charge in [0.05, 0.1) is 7.11 Å². The Morgan fingerprint density at radius 1 is 0.952 bits per heavy atom. The number of phenols is 2. The Balaban J connectivity index is 2.03. The van der Waals surface area contributed by atoms with E-state index in [-0.39, 0.29) is 30.0 Å². The summed E-state index contributed by atoms with van der Waals surface area (Å²) in [4.78, 5) is 42.2. The SMILES string of the molecule is CCN(C(=O)C(Cc1ccc(O)cc1)NC(=O)OC(C)(C)C)C(C(=O)Nc1ccc(OC)cc1)c1cccc(C)c1O. The number of hydrogen-bond donors (Lipinski definition) is 4. The molecule has 2 atom stereocenters. The van der Waals surface area contributed by atoms with Gasteiger partial charge in [0.2, 0.25) is 5.91 Å². The lowest BCUT2D eigenvalue weighted by Gasteiger charge is -2.34. The van der Waals surface area contributed by atoms with Gasteiger partial charge in [-0.15, -0.1) is 0 Å². The summed E-state index contributed by atoms with van der Waals surface area (Å²) in [5, 5.41) is 26.2. The Labute approximate surface area is 246 Å². The largest absolute Gasteiger partial charge is 0.508 e. The van der Waals surface area contributed by atoms with Crippen LogP contribution in [0.2, 0.25) is 0 Å². The number of benzene rings is 3. The topological polar surface area (TPSA) is 137 Å². The van der Waals surface area contributed by atoms with Crippen molar-refractivity contribution in [3.8, 4) is 17.2 Å². The second-order valence-corrected chi connectivity index (χ2v) is 10.8. The summed E-state index contributed by atoms with van der Waals surface area (Å²) in [5.41, 5.74) is 1.09. The van der Waals surface area contributed by atoms with Crippen LogP contribution in [0.3, 0.4) is 0 Å². The number of nitrogens with one attached hydrogen (secondary N) is 2. The molecule has 0 heterocycles. The molecule has 0 aliphatic carbocycles. The average molecular weight is 578 g/mol. The number of alkyl carbamates (subject to hydrolysis) is 1. The summed E-state index contributed by atoms with van der Waals surface area (Å²) in [6.07, 6.45) is -0.741. The third-order valence-corrected chi connectivity index (χ3v) is 6.47. The van der Waals surface area contributed by atoms with Crippen LogP contribution in [-0.4, -0.2) is 58.3 Å². The number of para-hydroxylation sites is 1. The number of rotatable bonds is 10. The Morgan fingerprint density at radius 2 is 1.60 bits per heavy atom. The van der Waals surface area contributed by atoms with Gasteiger partial charge in [-0.2, -0.15) is 0 Å². The molecule has 3 amide bonds. The standard InChI is InChI=1S/C32H39N3O7/c1-7-35(30(39)26(34-31(40)42-32(3,4)5)19-21-11-15-23(36)16-12-21)27(25-10-8-9-20(2)28(25)37)29(38)33-22-13-17-24(41-6)18-14-22/h8-18,26-27,36-37H,7,19H2,1-6H3,(H,33,38)(H,34,40). The average Bonchev–Trinajstić information content (AvgIpc) is 2.93. The summed E-state index contributed by atoms with van der Waals surface area (Å²) in [6, 6.07) is 15.6. The lowest BCUT2D eigenvalue weighted by Crippen LogP contribution is -2.53. The molecule has 0 aliphatic rings. The minimum Gasteiger partial charge on any atom is -0.508 e. The van der Waals surface area contributed by atoms with E-state index in [1.165, 1.54) is 24.1 Å². The third kappa shape index (κ3) is 8.39. The quantitative estimate of drug-likeness (QED) is 0.264. The third-order valence-electron chi connectivity index (χ3n) is 6.47. The fourth-order valence-electron chi connectivity index (χ4n) is 4.42. The first kappa shape index (κ1) is 31.8. The Morgan fingerprint density at radius 3 is 2.17 bits per heavy atom. The number of hydrogen-bond acceptors (Lipinski definition) is 7. The maximum absolute atomic E-state index is 14.2. The van der Waals surface area contributed by atoms with Gasteiger partial charge in [-0.25, -0.2) is 4.79 Å². The molecule has 3 aromatic carbocycles. The maximum Gasteiger partial charge on any atom is 0.408 e. The van der Waals surface area contributed by atoms with Gasteiger partial charge in [0.15, 0.2) is 0 Å². The molecule has 0 aliphatic heterocycles. The highest BCUT2D eigenvalue weighted by atomic mass is 16.6. The highest BCUT2D eigenvalue weighted by molar-refractivity contribution is 5.99. The second-order valence-electron chi connectivity index (χ2n) is 10.8. The van der Waals surface area contributed by atoms with Crippen LogP contribution < -0.4 is 15.4 Å². The number of aromatic hydroxyl groups is 2. The van der Waals surface area contributed by atoms with Crippen LogP contribution in [0.4, 0.5) is 10.5 Å². The summed E-state index contributed by atoms with van der Waals surface area (Å²) in [6.45, 7) is 8.62. The van der Waals surface area contributed by atoms with Crippen LogP contribution in [0, 0.1) is 6.92 Å². The van der Waals surface area contributed by atoms with Gasteiger partial charge < -0.3 is 35.2 Å². The van der Waals surface area contributed by atoms with E-state index in [0.717, 1.165) is 0 Å². The van der Waals surface area contributed by atoms with Gasteiger partial charge in [0.1, 0.15) is 34.9 Å². The molecule has 3 aromatic rings. The van der Waals surface area contributed by atoms with E-state index >= 15 is 0 Å². The minimum absolute atomic E-state index is 0.0570. The molecule has 0 fully saturated rings. The summed E-state index contributed by atoms with van der Waals surface area (Å²) >= 11 is 0. The van der Waals surface area contributed by atoms with Crippen molar-refractivity contribution in [1.29, 1.82) is 0 Å². The number of carbonyl (C=O) groups is 3. The van der Waals surface area contributed by atoms with E-state index in [1.54, 1.807) is 89.2 Å². The number of aryl methyl sites for hydroxylation is 1. The van der Waals surface area contributed by atoms with Crippen molar-refractivity contribution in [3.05, 3.63) is 83.4 Å². The van der Waals surface area contributed by atoms with Crippen molar-refractivity contribution >= 4 is 23.6 Å². The molecule has 224 valence electrons. The molecule has 3 rings (SSSR count). The zero-order chi connectivity index (χ0) is 31.0. The first-order valence-electron chi connectivity index (χ1n) is 13.6. The van der Waals surface area contributed by atoms with Crippen LogP contribution >= 0.6 is 0 Å². The molecule has 0 saturated carbocycles. The number of anilines is 1. The molecule has 10 heteroatoms. The molecule has 0 spiro atoms. The Bertz CT molecular complexity index is 1380. The summed E-state index contributed by atoms with van der Waals surface area (Å²) in [5.74, 6) is -0.573. The van der Waals surface area contributed by atoms with E-state index in [9.17, 15) is 24.6 Å². The molecular formula is C32H39N3O7. The van der Waals surface area contributed by atoms with Crippen molar-refractivity contribution in [1.82, 2.24) is 10.2 Å². The molecule has 0 aromatic heterocycles. The monoisotopic (exact) mass is 577 g/mol. The van der Waals surface area contributed by atoms with E-state index in [0.29, 0.717) is 22.6 Å². The van der Waals surface area contributed by atoms with Gasteiger partial charge in [0, 0.05) is 24.2 Å². The van der Waals surface area contributed by atoms with E-state index in [4.69, 9.17) is 9.47 Å². The predicted molar refractivity (Wildman–Crippen MR) is 160 cm³/mol. The van der Waals surface area contributed by atoms with Crippen molar-refractivity contribution in [3.63, 3.8) is 0 Å². The Kier molecular flexibility index (Phi) is 10.4. The smallest absolute Gasteiger partial charge is 0.408 e. The molecule has 0 radical (unpaired) electrons. The number of likely N-dealkylation sites (N-methyl/N-ethyl adjacent to an activating group) is 1. The van der Waals surface area contributed by atoms with Crippen LogP contribution in [0.5, 0.6) is 17.2 Å². The number of methoxy groups -OCH3 is 1. The summed E-state index contributed by atoms with van der Waals surface area (Å²) in [7, 11) is 1.54. The molecule has 42 heavy (non-hydrogen) atoms. The number of ether oxygens (including phenoxy) is 2. The molecular weight excluding hydrogens is 538 g/mol. The first-order valence-corrected chi connectivity index (χ1v) is 13.6. The van der Waals surface area contributed by atoms with Crippen molar-refractivity contribution in [2.75, 3.05) is 19.0 Å². The van der Waals surface area contributed by atoms with Gasteiger partial charge in [-0.3, -0.25) is 9.59 Å². The van der Waals surface area contributed by atoms with Gasteiger partial charge in [-0.1, -0.05) is 30.3 Å². The highest BCUT2D eigenvalue weighted by Crippen LogP contribution is 2.33. The Hall–Kier alpha value is -4.73. The van der Waals surface area contributed by atoms with E-state index in [1.807, 2.05) is 0 Å². The van der Waals surface area contributed by atoms with Gasteiger partial charge in [-0.05, 0) is 82.1 Å². The zero-order valence-corrected chi connectivity index (χ0v) is 24.8. The second kappa shape index (κ2) is 13.8. The number of phenolic OH excluding ortho intramolecular Hbond substituents is 2. The molecule has 4 N–H and O–H groups in total. The minimum atomic E-state index is -1.24. The van der Waals surface area contributed by atoms with Gasteiger partial charge in [0.25, 0.3) is 5.91 Å². The van der Waals surface area contributed by atoms with Crippen LogP contribution in [-0.2, 0) is 20.7 Å². The highest BCUT2D eigenvalue weighted by Gasteiger charge is 2.37. The number of amides is 3. The maximum atomic E-state index is 14.2. The van der Waals surface area contributed by atoms with Crippen molar-refractivity contribution < 1.29 is 34.1 Å². The summed E-state index contributed by atoms with van der Waals surface area (Å²) < 4.78 is 10.6. The molecule has 2 unspecified atom stereocenters. The van der Waals surface area contributed by atoms with E-state index < -0.39 is 35.6 Å². The van der Waals surface area contributed by atoms with Crippen LogP contribution in [0.1, 0.15) is 50.4 Å². The van der Waals surface area contributed by atoms with Crippen molar-refractivity contribution in [2.45, 2.75) is 58.7 Å². The predicted octanol–water partition coefficient (Wildman–Crippen LogP) is 5.08. The van der Waals surface area contributed by atoms with Crippen LogP contribution in [0.25, 0.3) is 0 Å². The number of nitrogens with zero attached hydrogens (tertiary/aromatic N) is 1. The van der Waals surface area contributed by atoms with Gasteiger partial charge >= 0.3 is 6.09 Å². The van der Waals surface area contributed by atoms with Crippen molar-refractivity contribution in [2.24, 2.45) is 0 Å². The zero-order valence-electron chi connectivity index (χ0n) is 24.8. The molecule has 0 saturated heterocycles. The number of carbonyl (C=O) groups excluding carboxylic acids is 3. The normalized spacial score (nSPS) is 12.5. The lowest BCUT2D eigenvalue weighted by atomic mass is 9.98. The van der Waals surface area contributed by atoms with E-state index in [2.05, 4.69) is 10.6 Å². The lowest BCUT2D eigenvalue weighted by molar-refractivity contribution is -0.140. The van der Waals surface area contributed by atoms with Crippen LogP contribution in [0.15, 0.2) is 66.7 Å².